The minimum absolute atomic E-state index is 0. The number of hydrogen-bond acceptors (Lipinski definition) is 5. The average Bonchev–Trinajstić information content (AvgIpc) is 2.17. The number of phenolic OH excluding ortho intramolecular Hbond substituents is 1. The van der Waals surface area contributed by atoms with Crippen LogP contribution in [0.15, 0.2) is 35.4 Å². The van der Waals surface area contributed by atoms with Gasteiger partial charge in [0.2, 0.25) is 0 Å². The quantitative estimate of drug-likeness (QED) is 0.635. The van der Waals surface area contributed by atoms with Crippen LogP contribution in [0.1, 0.15) is 0 Å². The fourth-order valence-electron chi connectivity index (χ4n) is 1.36. The maximum atomic E-state index is 11.0. The summed E-state index contributed by atoms with van der Waals surface area (Å²) in [7, 11) is -4.30. The summed E-state index contributed by atoms with van der Waals surface area (Å²) in [6.07, 6.45) is 1.43. The highest BCUT2D eigenvalue weighted by atomic mass is 32.2. The number of nitrogens with zero attached hydrogens (tertiary/aromatic N) is 1. The van der Waals surface area contributed by atoms with E-state index in [0.717, 1.165) is 6.07 Å². The lowest BCUT2D eigenvalue weighted by molar-refractivity contribution is 0.478. The van der Waals surface area contributed by atoms with Crippen LogP contribution >= 0.6 is 0 Å². The van der Waals surface area contributed by atoms with Gasteiger partial charge < -0.3 is 16.7 Å². The number of hydrogen-bond donors (Lipinski definition) is 3. The Kier molecular flexibility index (Phi) is 4.54. The number of aromatic hydroxyl groups is 1. The third-order valence-electron chi connectivity index (χ3n) is 1.99. The minimum Gasteiger partial charge on any atom is -0.506 e. The maximum Gasteiger partial charge on any atom is 0.295 e. The van der Waals surface area contributed by atoms with Crippen molar-refractivity contribution in [3.05, 3.63) is 30.5 Å². The van der Waals surface area contributed by atoms with Crippen LogP contribution in [0, 0.1) is 0 Å². The number of pyridine rings is 1. The molecule has 0 saturated heterocycles. The molecule has 0 amide bonds. The minimum atomic E-state index is -4.30. The molecule has 0 saturated carbocycles. The van der Waals surface area contributed by atoms with Gasteiger partial charge in [-0.05, 0) is 24.3 Å². The maximum absolute atomic E-state index is 11.0. The van der Waals surface area contributed by atoms with Gasteiger partial charge in [-0.2, -0.15) is 8.42 Å². The Balaban J connectivity index is 0.00000128. The van der Waals surface area contributed by atoms with E-state index in [0.29, 0.717) is 0 Å². The molecule has 0 aliphatic heterocycles. The first-order valence-electron chi connectivity index (χ1n) is 4.04. The highest BCUT2D eigenvalue weighted by molar-refractivity contribution is 7.86. The van der Waals surface area contributed by atoms with E-state index in [4.69, 9.17) is 4.55 Å². The Morgan fingerprint density at radius 1 is 1.18 bits per heavy atom. The molecule has 1 aromatic carbocycles. The summed E-state index contributed by atoms with van der Waals surface area (Å²) in [5, 5.41) is 9.62. The van der Waals surface area contributed by atoms with Crippen molar-refractivity contribution in [1.29, 1.82) is 0 Å². The van der Waals surface area contributed by atoms with Crippen molar-refractivity contribution in [2.45, 2.75) is 4.90 Å². The second-order valence-corrected chi connectivity index (χ2v) is 4.35. The van der Waals surface area contributed by atoms with Crippen LogP contribution in [0.4, 0.5) is 0 Å². The van der Waals surface area contributed by atoms with Crippen LogP contribution in [0.3, 0.4) is 0 Å². The standard InChI is InChI=1S/C9H7NO4S.H3N.H2O/c11-7-3-4-8(15(12,13)14)6-2-1-5-10-9(6)7;;/h1-5,11H,(H,12,13,14);1H3;1H2. The van der Waals surface area contributed by atoms with Crippen LogP contribution in [0.25, 0.3) is 10.9 Å². The predicted molar refractivity (Wildman–Crippen MR) is 61.9 cm³/mol. The van der Waals surface area contributed by atoms with E-state index in [9.17, 15) is 13.5 Å². The van der Waals surface area contributed by atoms with Crippen molar-refractivity contribution in [2.75, 3.05) is 0 Å². The lowest BCUT2D eigenvalue weighted by Gasteiger charge is -2.03. The summed E-state index contributed by atoms with van der Waals surface area (Å²) >= 11 is 0. The summed E-state index contributed by atoms with van der Waals surface area (Å²) in [5.74, 6) is -0.127. The Hall–Kier alpha value is -1.74. The van der Waals surface area contributed by atoms with Gasteiger partial charge in [0.15, 0.2) is 0 Å². The summed E-state index contributed by atoms with van der Waals surface area (Å²) in [5.41, 5.74) is 0.146. The molecule has 2 rings (SSSR count). The molecule has 1 heterocycles. The zero-order chi connectivity index (χ0) is 11.1. The van der Waals surface area contributed by atoms with E-state index in [2.05, 4.69) is 4.98 Å². The van der Waals surface area contributed by atoms with Crippen molar-refractivity contribution >= 4 is 21.0 Å². The third kappa shape index (κ3) is 2.68. The fourth-order valence-corrected chi connectivity index (χ4v) is 2.04. The van der Waals surface area contributed by atoms with Crippen LogP contribution in [-0.2, 0) is 10.1 Å². The van der Waals surface area contributed by atoms with Crippen LogP contribution in [0.5, 0.6) is 5.75 Å². The van der Waals surface area contributed by atoms with Crippen molar-refractivity contribution < 1.29 is 23.6 Å². The number of aromatic nitrogens is 1. The largest absolute Gasteiger partial charge is 0.506 e. The Labute approximate surface area is 97.4 Å². The molecule has 0 spiro atoms. The van der Waals surface area contributed by atoms with Gasteiger partial charge in [-0.25, -0.2) is 0 Å². The topological polar surface area (TPSA) is 154 Å². The van der Waals surface area contributed by atoms with Crippen molar-refractivity contribution in [2.24, 2.45) is 0 Å². The molecule has 0 fully saturated rings. The molecule has 0 atom stereocenters. The molecule has 0 aliphatic rings. The molecule has 17 heavy (non-hydrogen) atoms. The number of benzene rings is 1. The Bertz CT molecular complexity index is 626. The Morgan fingerprint density at radius 2 is 1.82 bits per heavy atom. The molecule has 2 aromatic rings. The van der Waals surface area contributed by atoms with Gasteiger partial charge in [-0.1, -0.05) is 0 Å². The number of fused-ring (bicyclic) bond motifs is 1. The van der Waals surface area contributed by atoms with E-state index < -0.39 is 10.1 Å². The van der Waals surface area contributed by atoms with Gasteiger partial charge in [0.25, 0.3) is 10.1 Å². The molecule has 0 radical (unpaired) electrons. The highest BCUT2D eigenvalue weighted by Crippen LogP contribution is 2.27. The van der Waals surface area contributed by atoms with Crippen LogP contribution < -0.4 is 6.15 Å². The second-order valence-electron chi connectivity index (χ2n) is 2.96. The summed E-state index contributed by atoms with van der Waals surface area (Å²) < 4.78 is 30.9. The first kappa shape index (κ1) is 15.3. The summed E-state index contributed by atoms with van der Waals surface area (Å²) in [6.45, 7) is 0. The fraction of sp³-hybridized carbons (Fsp3) is 0. The molecule has 1 aromatic heterocycles. The van der Waals surface area contributed by atoms with Crippen LogP contribution in [0.2, 0.25) is 0 Å². The first-order chi connectivity index (χ1) is 7.00. The van der Waals surface area contributed by atoms with Crippen molar-refractivity contribution in [3.8, 4) is 5.75 Å². The molecule has 7 N–H and O–H groups in total. The number of rotatable bonds is 1. The Morgan fingerprint density at radius 3 is 2.41 bits per heavy atom. The monoisotopic (exact) mass is 260 g/mol. The predicted octanol–water partition coefficient (Wildman–Crippen LogP) is 0.524. The molecule has 94 valence electrons. The smallest absolute Gasteiger partial charge is 0.295 e. The SMILES string of the molecule is N.O.O=S(=O)(O)c1ccc(O)c2ncccc12. The van der Waals surface area contributed by atoms with E-state index >= 15 is 0 Å². The second kappa shape index (κ2) is 5.06. The van der Waals surface area contributed by atoms with E-state index in [1.54, 1.807) is 0 Å². The van der Waals surface area contributed by atoms with E-state index in [1.807, 2.05) is 0 Å². The lowest BCUT2D eigenvalue weighted by Crippen LogP contribution is -1.99. The average molecular weight is 260 g/mol. The van der Waals surface area contributed by atoms with Crippen molar-refractivity contribution in [1.82, 2.24) is 11.1 Å². The van der Waals surface area contributed by atoms with E-state index in [1.165, 1.54) is 24.4 Å². The lowest BCUT2D eigenvalue weighted by atomic mass is 10.2. The summed E-state index contributed by atoms with van der Waals surface area (Å²) in [4.78, 5) is 3.57. The van der Waals surface area contributed by atoms with Gasteiger partial charge in [-0.15, -0.1) is 0 Å². The number of phenols is 1. The van der Waals surface area contributed by atoms with Gasteiger partial charge in [0, 0.05) is 11.6 Å². The molecule has 0 unspecified atom stereocenters. The molecular formula is C9H12N2O5S. The van der Waals surface area contributed by atoms with E-state index in [-0.39, 0.29) is 33.2 Å². The van der Waals surface area contributed by atoms with Crippen LogP contribution in [-0.4, -0.2) is 28.5 Å². The van der Waals surface area contributed by atoms with Gasteiger partial charge >= 0.3 is 0 Å². The van der Waals surface area contributed by atoms with Crippen molar-refractivity contribution in [3.63, 3.8) is 0 Å². The van der Waals surface area contributed by atoms with Gasteiger partial charge in [0.1, 0.15) is 16.2 Å². The molecule has 0 aliphatic carbocycles. The normalized spacial score (nSPS) is 10.4. The first-order valence-corrected chi connectivity index (χ1v) is 5.48. The van der Waals surface area contributed by atoms with Gasteiger partial charge in [0.05, 0.1) is 0 Å². The van der Waals surface area contributed by atoms with Gasteiger partial charge in [-0.3, -0.25) is 9.54 Å². The molecule has 7 nitrogen and oxygen atoms in total. The third-order valence-corrected chi connectivity index (χ3v) is 2.90. The highest BCUT2D eigenvalue weighted by Gasteiger charge is 2.15. The summed E-state index contributed by atoms with van der Waals surface area (Å²) in [6, 6.07) is 5.30. The molecule has 8 heteroatoms. The zero-order valence-electron chi connectivity index (χ0n) is 8.66. The molecular weight excluding hydrogens is 248 g/mol. The molecule has 0 bridgehead atoms. The zero-order valence-corrected chi connectivity index (χ0v) is 9.48.